The highest BCUT2D eigenvalue weighted by Gasteiger charge is 2.21. The molecule has 0 saturated heterocycles. The standard InChI is InChI=1S/C24H22ClN3O5/c1-30-20-10-9-16(14-21(20)31-2)23-26-22(33-27-23)11-12-28(15-17-6-5-13-32-17)24(29)18-7-3-4-8-19(18)25/h3-10,13-14H,11-12,15H2,1-2H3. The summed E-state index contributed by atoms with van der Waals surface area (Å²) < 4.78 is 21.5. The largest absolute Gasteiger partial charge is 0.493 e. The first kappa shape index (κ1) is 22.4. The molecule has 1 amide bonds. The van der Waals surface area contributed by atoms with Crippen molar-refractivity contribution in [2.75, 3.05) is 20.8 Å². The first-order valence-corrected chi connectivity index (χ1v) is 10.6. The highest BCUT2D eigenvalue weighted by atomic mass is 35.5. The van der Waals surface area contributed by atoms with Crippen molar-refractivity contribution in [2.45, 2.75) is 13.0 Å². The molecule has 0 fully saturated rings. The molecule has 0 atom stereocenters. The molecule has 4 aromatic rings. The summed E-state index contributed by atoms with van der Waals surface area (Å²) >= 11 is 6.25. The second-order valence-corrected chi connectivity index (χ2v) is 7.52. The molecule has 0 spiro atoms. The van der Waals surface area contributed by atoms with Crippen molar-refractivity contribution in [3.8, 4) is 22.9 Å². The Labute approximate surface area is 195 Å². The van der Waals surface area contributed by atoms with Crippen LogP contribution < -0.4 is 9.47 Å². The Morgan fingerprint density at radius 3 is 2.61 bits per heavy atom. The molecule has 4 rings (SSSR count). The Balaban J connectivity index is 1.51. The highest BCUT2D eigenvalue weighted by molar-refractivity contribution is 6.33. The van der Waals surface area contributed by atoms with Gasteiger partial charge in [0.25, 0.3) is 5.91 Å². The van der Waals surface area contributed by atoms with Crippen LogP contribution in [0.5, 0.6) is 11.5 Å². The van der Waals surface area contributed by atoms with Crippen LogP contribution in [0, 0.1) is 0 Å². The average molecular weight is 468 g/mol. The minimum absolute atomic E-state index is 0.211. The van der Waals surface area contributed by atoms with Crippen LogP contribution in [-0.4, -0.2) is 41.7 Å². The van der Waals surface area contributed by atoms with Gasteiger partial charge in [0.2, 0.25) is 11.7 Å². The summed E-state index contributed by atoms with van der Waals surface area (Å²) in [7, 11) is 3.13. The van der Waals surface area contributed by atoms with E-state index in [0.29, 0.717) is 52.5 Å². The maximum absolute atomic E-state index is 13.2. The van der Waals surface area contributed by atoms with Gasteiger partial charge in [0, 0.05) is 18.5 Å². The van der Waals surface area contributed by atoms with Crippen molar-refractivity contribution >= 4 is 17.5 Å². The monoisotopic (exact) mass is 467 g/mol. The maximum Gasteiger partial charge on any atom is 0.255 e. The molecule has 0 radical (unpaired) electrons. The number of aromatic nitrogens is 2. The zero-order valence-electron chi connectivity index (χ0n) is 18.2. The van der Waals surface area contributed by atoms with Crippen molar-refractivity contribution in [3.05, 3.63) is 83.1 Å². The zero-order valence-corrected chi connectivity index (χ0v) is 18.9. The number of furan rings is 1. The lowest BCUT2D eigenvalue weighted by molar-refractivity contribution is 0.0730. The van der Waals surface area contributed by atoms with Crippen LogP contribution in [0.4, 0.5) is 0 Å². The minimum atomic E-state index is -0.211. The molecule has 0 aliphatic heterocycles. The van der Waals surface area contributed by atoms with Crippen LogP contribution >= 0.6 is 11.6 Å². The molecule has 2 aromatic heterocycles. The number of carbonyl (C=O) groups excluding carboxylic acids is 1. The minimum Gasteiger partial charge on any atom is -0.493 e. The van der Waals surface area contributed by atoms with Gasteiger partial charge < -0.3 is 23.3 Å². The third-order valence-corrected chi connectivity index (χ3v) is 5.35. The molecule has 0 aliphatic rings. The van der Waals surface area contributed by atoms with Crippen LogP contribution in [0.1, 0.15) is 22.0 Å². The summed E-state index contributed by atoms with van der Waals surface area (Å²) in [5.74, 6) is 2.44. The molecule has 9 heteroatoms. The molecule has 33 heavy (non-hydrogen) atoms. The molecule has 2 aromatic carbocycles. The summed E-state index contributed by atoms with van der Waals surface area (Å²) in [5, 5.41) is 4.45. The Bertz CT molecular complexity index is 1220. The molecule has 0 aliphatic carbocycles. The number of rotatable bonds is 9. The molecule has 0 unspecified atom stereocenters. The van der Waals surface area contributed by atoms with Crippen molar-refractivity contribution in [1.82, 2.24) is 15.0 Å². The second kappa shape index (κ2) is 10.2. The van der Waals surface area contributed by atoms with Gasteiger partial charge in [0.1, 0.15) is 5.76 Å². The van der Waals surface area contributed by atoms with Crippen molar-refractivity contribution in [1.29, 1.82) is 0 Å². The van der Waals surface area contributed by atoms with Crippen molar-refractivity contribution in [3.63, 3.8) is 0 Å². The summed E-state index contributed by atoms with van der Waals surface area (Å²) in [6.07, 6.45) is 1.93. The van der Waals surface area contributed by atoms with E-state index in [0.717, 1.165) is 5.56 Å². The maximum atomic E-state index is 13.2. The van der Waals surface area contributed by atoms with Gasteiger partial charge in [-0.25, -0.2) is 0 Å². The van der Waals surface area contributed by atoms with Gasteiger partial charge in [-0.3, -0.25) is 4.79 Å². The van der Waals surface area contributed by atoms with E-state index in [9.17, 15) is 4.79 Å². The van der Waals surface area contributed by atoms with E-state index in [1.807, 2.05) is 12.1 Å². The number of hydrogen-bond acceptors (Lipinski definition) is 7. The highest BCUT2D eigenvalue weighted by Crippen LogP contribution is 2.31. The third kappa shape index (κ3) is 5.18. The van der Waals surface area contributed by atoms with Gasteiger partial charge in [0.15, 0.2) is 11.5 Å². The van der Waals surface area contributed by atoms with E-state index in [1.54, 1.807) is 67.8 Å². The topological polar surface area (TPSA) is 90.8 Å². The quantitative estimate of drug-likeness (QED) is 0.346. The normalized spacial score (nSPS) is 10.8. The molecular weight excluding hydrogens is 446 g/mol. The van der Waals surface area contributed by atoms with Gasteiger partial charge in [-0.15, -0.1) is 0 Å². The van der Waals surface area contributed by atoms with Gasteiger partial charge in [-0.1, -0.05) is 28.9 Å². The Kier molecular flexibility index (Phi) is 6.95. The molecular formula is C24H22ClN3O5. The SMILES string of the molecule is COc1ccc(-c2noc(CCN(Cc3ccco3)C(=O)c3ccccc3Cl)n2)cc1OC. The van der Waals surface area contributed by atoms with E-state index in [4.69, 9.17) is 30.0 Å². The number of methoxy groups -OCH3 is 2. The average Bonchev–Trinajstić information content (AvgIpc) is 3.53. The van der Waals surface area contributed by atoms with Gasteiger partial charge in [0.05, 0.1) is 37.6 Å². The number of ether oxygens (including phenoxy) is 2. The van der Waals surface area contributed by atoms with Gasteiger partial charge in [-0.05, 0) is 42.5 Å². The van der Waals surface area contributed by atoms with Crippen LogP contribution in [0.25, 0.3) is 11.4 Å². The fourth-order valence-corrected chi connectivity index (χ4v) is 3.54. The molecule has 0 bridgehead atoms. The molecule has 8 nitrogen and oxygen atoms in total. The second-order valence-electron chi connectivity index (χ2n) is 7.12. The number of halogens is 1. The van der Waals surface area contributed by atoms with Crippen molar-refractivity contribution in [2.24, 2.45) is 0 Å². The molecule has 170 valence electrons. The number of carbonyl (C=O) groups is 1. The first-order valence-electron chi connectivity index (χ1n) is 10.2. The van der Waals surface area contributed by atoms with E-state index in [2.05, 4.69) is 10.1 Å². The zero-order chi connectivity index (χ0) is 23.2. The first-order chi connectivity index (χ1) is 16.1. The van der Waals surface area contributed by atoms with Crippen molar-refractivity contribution < 1.29 is 23.2 Å². The number of hydrogen-bond donors (Lipinski definition) is 0. The summed E-state index contributed by atoms with van der Waals surface area (Å²) in [6.45, 7) is 0.617. The predicted molar refractivity (Wildman–Crippen MR) is 121 cm³/mol. The Hall–Kier alpha value is -3.78. The van der Waals surface area contributed by atoms with Crippen LogP contribution in [0.15, 0.2) is 69.8 Å². The van der Waals surface area contributed by atoms with Gasteiger partial charge in [-0.2, -0.15) is 4.98 Å². The fourth-order valence-electron chi connectivity index (χ4n) is 3.33. The molecule has 0 saturated carbocycles. The van der Waals surface area contributed by atoms with Crippen LogP contribution in [0.2, 0.25) is 5.02 Å². The van der Waals surface area contributed by atoms with Crippen LogP contribution in [-0.2, 0) is 13.0 Å². The summed E-state index contributed by atoms with van der Waals surface area (Å²) in [5.41, 5.74) is 1.14. The lowest BCUT2D eigenvalue weighted by atomic mass is 10.2. The van der Waals surface area contributed by atoms with E-state index < -0.39 is 0 Å². The van der Waals surface area contributed by atoms with Crippen LogP contribution in [0.3, 0.4) is 0 Å². The number of nitrogens with zero attached hydrogens (tertiary/aromatic N) is 3. The number of benzene rings is 2. The number of amides is 1. The molecule has 2 heterocycles. The lowest BCUT2D eigenvalue weighted by Crippen LogP contribution is -2.32. The summed E-state index contributed by atoms with van der Waals surface area (Å²) in [6, 6.07) is 15.9. The van der Waals surface area contributed by atoms with E-state index >= 15 is 0 Å². The smallest absolute Gasteiger partial charge is 0.255 e. The Morgan fingerprint density at radius 2 is 1.88 bits per heavy atom. The van der Waals surface area contributed by atoms with E-state index in [-0.39, 0.29) is 12.5 Å². The lowest BCUT2D eigenvalue weighted by Gasteiger charge is -2.21. The third-order valence-electron chi connectivity index (χ3n) is 5.02. The Morgan fingerprint density at radius 1 is 1.06 bits per heavy atom. The van der Waals surface area contributed by atoms with E-state index in [1.165, 1.54) is 0 Å². The molecule has 0 N–H and O–H groups in total. The summed E-state index contributed by atoms with van der Waals surface area (Å²) in [4.78, 5) is 19.3. The van der Waals surface area contributed by atoms with Gasteiger partial charge >= 0.3 is 0 Å². The predicted octanol–water partition coefficient (Wildman–Crippen LogP) is 4.89. The fraction of sp³-hybridized carbons (Fsp3) is 0.208.